The van der Waals surface area contributed by atoms with Gasteiger partial charge >= 0.3 is 11.3 Å². The molecule has 0 radical (unpaired) electrons. The summed E-state index contributed by atoms with van der Waals surface area (Å²) in [6, 6.07) is 0. The highest BCUT2D eigenvalue weighted by atomic mass is 32.1. The Morgan fingerprint density at radius 2 is 1.60 bits per heavy atom. The highest BCUT2D eigenvalue weighted by molar-refractivity contribution is 7.96. The summed E-state index contributed by atoms with van der Waals surface area (Å²) < 4.78 is 0. The summed E-state index contributed by atoms with van der Waals surface area (Å²) in [6.07, 6.45) is 0.156. The van der Waals surface area contributed by atoms with Crippen LogP contribution in [0.5, 0.6) is 0 Å². The second kappa shape index (κ2) is 8.64. The smallest absolute Gasteiger partial charge is 0.361 e. The second-order valence-corrected chi connectivity index (χ2v) is 1.98. The van der Waals surface area contributed by atoms with E-state index in [0.717, 1.165) is 0 Å². The van der Waals surface area contributed by atoms with Gasteiger partial charge in [-0.05, 0) is 0 Å². The van der Waals surface area contributed by atoms with Crippen molar-refractivity contribution in [1.29, 1.82) is 0 Å². The van der Waals surface area contributed by atoms with Crippen molar-refractivity contribution in [2.75, 3.05) is 5.75 Å². The minimum Gasteiger partial charge on any atom is -0.481 e. The Morgan fingerprint density at radius 3 is 1.60 bits per heavy atom. The van der Waals surface area contributed by atoms with Crippen molar-refractivity contribution in [2.24, 2.45) is 0 Å². The molecule has 0 aliphatic heterocycles. The van der Waals surface area contributed by atoms with Gasteiger partial charge < -0.3 is 10.2 Å². The van der Waals surface area contributed by atoms with Crippen molar-refractivity contribution in [3.8, 4) is 0 Å². The van der Waals surface area contributed by atoms with Crippen LogP contribution in [0.2, 0.25) is 0 Å². The molecule has 6 heteroatoms. The largest absolute Gasteiger partial charge is 0.481 e. The first-order chi connectivity index (χ1) is 4.50. The molecule has 2 N–H and O–H groups in total. The lowest BCUT2D eigenvalue weighted by atomic mass is 10.5. The van der Waals surface area contributed by atoms with Crippen molar-refractivity contribution in [1.82, 2.24) is 0 Å². The molecule has 0 heterocycles. The van der Waals surface area contributed by atoms with E-state index in [0.29, 0.717) is 5.75 Å². The summed E-state index contributed by atoms with van der Waals surface area (Å²) in [4.78, 5) is 18.4. The van der Waals surface area contributed by atoms with E-state index in [2.05, 4.69) is 25.3 Å². The topological polar surface area (TPSA) is 74.6 Å². The first-order valence-corrected chi connectivity index (χ1v) is 3.33. The zero-order chi connectivity index (χ0) is 8.57. The number of carboxylic acid groups (broad SMARTS) is 2. The van der Waals surface area contributed by atoms with Gasteiger partial charge in [-0.25, -0.2) is 4.79 Å². The summed E-state index contributed by atoms with van der Waals surface area (Å²) in [5.74, 6) is -0.361. The van der Waals surface area contributed by atoms with E-state index in [1.807, 2.05) is 0 Å². The average Bonchev–Trinajstić information content (AvgIpc) is 1.62. The Bertz CT molecular complexity index is 110. The van der Waals surface area contributed by atoms with E-state index in [9.17, 15) is 4.79 Å². The van der Waals surface area contributed by atoms with E-state index >= 15 is 0 Å². The van der Waals surface area contributed by atoms with Gasteiger partial charge in [0.25, 0.3) is 0 Å². The molecule has 10 heavy (non-hydrogen) atoms. The van der Waals surface area contributed by atoms with Crippen molar-refractivity contribution < 1.29 is 19.8 Å². The molecule has 0 saturated heterocycles. The molecule has 0 aromatic heterocycles. The molecule has 0 spiro atoms. The first-order valence-electron chi connectivity index (χ1n) is 2.25. The molecule has 0 aromatic carbocycles. The number of thiol groups is 2. The lowest BCUT2D eigenvalue weighted by Crippen LogP contribution is -1.93. The quantitative estimate of drug-likeness (QED) is 0.483. The molecule has 0 aliphatic rings. The third-order valence-electron chi connectivity index (χ3n) is 0.326. The van der Waals surface area contributed by atoms with E-state index in [1.165, 1.54) is 0 Å². The van der Waals surface area contributed by atoms with Crippen molar-refractivity contribution in [2.45, 2.75) is 6.42 Å². The Hall–Kier alpha value is -0.360. The van der Waals surface area contributed by atoms with Gasteiger partial charge in [0.2, 0.25) is 0 Å². The summed E-state index contributed by atoms with van der Waals surface area (Å²) >= 11 is 6.56. The molecule has 0 amide bonds. The highest BCUT2D eigenvalue weighted by Crippen LogP contribution is 1.79. The van der Waals surface area contributed by atoms with Gasteiger partial charge in [-0.15, -0.1) is 0 Å². The van der Waals surface area contributed by atoms with Crippen LogP contribution in [0.25, 0.3) is 0 Å². The molecular weight excluding hydrogens is 176 g/mol. The molecule has 0 atom stereocenters. The summed E-state index contributed by atoms with van der Waals surface area (Å²) in [6.45, 7) is 0. The normalized spacial score (nSPS) is 7.40. The molecule has 4 nitrogen and oxygen atoms in total. The summed E-state index contributed by atoms with van der Waals surface area (Å²) in [7, 11) is 0. The fourth-order valence-electron chi connectivity index (χ4n) is 0.0956. The molecule has 0 bridgehead atoms. The molecule has 0 aliphatic carbocycles. The minimum atomic E-state index is -1.14. The number of aliphatic carboxylic acids is 1. The van der Waals surface area contributed by atoms with E-state index in [-0.39, 0.29) is 6.42 Å². The van der Waals surface area contributed by atoms with Crippen LogP contribution < -0.4 is 0 Å². The van der Waals surface area contributed by atoms with Crippen LogP contribution in [0.15, 0.2) is 0 Å². The van der Waals surface area contributed by atoms with Crippen LogP contribution in [0.1, 0.15) is 6.42 Å². The zero-order valence-corrected chi connectivity index (χ0v) is 6.81. The average molecular weight is 184 g/mol. The van der Waals surface area contributed by atoms with Gasteiger partial charge in [0, 0.05) is 5.75 Å². The Labute approximate surface area is 69.1 Å². The van der Waals surface area contributed by atoms with Crippen LogP contribution in [0.4, 0.5) is 4.79 Å². The molecule has 0 aromatic rings. The van der Waals surface area contributed by atoms with E-state index in [4.69, 9.17) is 15.0 Å². The van der Waals surface area contributed by atoms with E-state index in [1.54, 1.807) is 0 Å². The number of hydrogen-bond donors (Lipinski definition) is 4. The van der Waals surface area contributed by atoms with Gasteiger partial charge in [-0.3, -0.25) is 4.79 Å². The zero-order valence-electron chi connectivity index (χ0n) is 5.02. The maximum atomic E-state index is 9.55. The van der Waals surface area contributed by atoms with Crippen molar-refractivity contribution in [3.63, 3.8) is 0 Å². The predicted octanol–water partition coefficient (Wildman–Crippen LogP) is 0.985. The number of hydrogen-bond acceptors (Lipinski definition) is 3. The maximum absolute atomic E-state index is 9.55. The molecule has 0 unspecified atom stereocenters. The second-order valence-electron chi connectivity index (χ2n) is 1.15. The molecular formula is C4H8O4S2. The Balaban J connectivity index is 0. The van der Waals surface area contributed by atoms with Gasteiger partial charge in [-0.1, -0.05) is 12.6 Å². The number of carboxylic acids is 1. The van der Waals surface area contributed by atoms with Gasteiger partial charge in [-0.2, -0.15) is 12.6 Å². The van der Waals surface area contributed by atoms with Gasteiger partial charge in [0.1, 0.15) is 0 Å². The maximum Gasteiger partial charge on any atom is 0.361 e. The first kappa shape index (κ1) is 12.3. The van der Waals surface area contributed by atoms with Crippen LogP contribution >= 0.6 is 25.3 Å². The van der Waals surface area contributed by atoms with Gasteiger partial charge in [0.15, 0.2) is 0 Å². The molecule has 0 rings (SSSR count). The standard InChI is InChI=1S/C3H6O2S.CH2O2S/c4-3(5)1-2-6;2-1(3)4/h6H,1-2H2,(H,4,5);4H,(H,2,3). The lowest BCUT2D eigenvalue weighted by Gasteiger charge is -1.79. The lowest BCUT2D eigenvalue weighted by molar-refractivity contribution is -0.136. The number of rotatable bonds is 2. The molecule has 0 fully saturated rings. The van der Waals surface area contributed by atoms with Crippen LogP contribution in [0, 0.1) is 0 Å². The fourth-order valence-corrected chi connectivity index (χ4v) is 0.287. The Morgan fingerprint density at radius 1 is 1.30 bits per heavy atom. The third kappa shape index (κ3) is 48.3. The fraction of sp³-hybridized carbons (Fsp3) is 0.500. The molecule has 0 saturated carbocycles. The Kier molecular flexibility index (Phi) is 10.7. The minimum absolute atomic E-state index is 0.156. The van der Waals surface area contributed by atoms with Crippen LogP contribution in [0.3, 0.4) is 0 Å². The monoisotopic (exact) mass is 184 g/mol. The van der Waals surface area contributed by atoms with Crippen LogP contribution in [-0.2, 0) is 4.79 Å². The van der Waals surface area contributed by atoms with Gasteiger partial charge in [0.05, 0.1) is 6.42 Å². The third-order valence-corrected chi connectivity index (χ3v) is 0.549. The highest BCUT2D eigenvalue weighted by Gasteiger charge is 1.88. The van der Waals surface area contributed by atoms with Crippen molar-refractivity contribution in [3.05, 3.63) is 0 Å². The summed E-state index contributed by atoms with van der Waals surface area (Å²) in [5, 5.41) is 14.0. The van der Waals surface area contributed by atoms with Crippen LogP contribution in [-0.4, -0.2) is 27.2 Å². The molecule has 60 valence electrons. The van der Waals surface area contributed by atoms with Crippen molar-refractivity contribution >= 4 is 36.5 Å². The van der Waals surface area contributed by atoms with E-state index < -0.39 is 11.3 Å². The predicted molar refractivity (Wildman–Crippen MR) is 43.1 cm³/mol. The number of carbonyl (C=O) groups is 2. The summed E-state index contributed by atoms with van der Waals surface area (Å²) in [5.41, 5.74) is 0. The SMILES string of the molecule is O=C(O)CCS.O=C(O)S.